The topological polar surface area (TPSA) is 110 Å². The standard InChI is InChI=1S/C26H29NO6S/c1-5-26(2,3)23(25(29)30)27-24(28)21-15-12-18-8-6-7-9-20(18)22(21)33-16-17-10-13-19(14-11-17)34(4,31)32/h6-15,23H,5,16H2,1-4H3,(H,27,28)(H,29,30)/t23-/m1/s1. The van der Waals surface area contributed by atoms with Crippen molar-refractivity contribution in [2.24, 2.45) is 5.41 Å². The molecule has 0 aliphatic carbocycles. The zero-order valence-electron chi connectivity index (χ0n) is 19.7. The average molecular weight is 484 g/mol. The third-order valence-corrected chi connectivity index (χ3v) is 7.20. The van der Waals surface area contributed by atoms with Gasteiger partial charge in [-0.05, 0) is 41.0 Å². The van der Waals surface area contributed by atoms with Gasteiger partial charge in [-0.2, -0.15) is 0 Å². The van der Waals surface area contributed by atoms with Crippen LogP contribution < -0.4 is 10.1 Å². The van der Waals surface area contributed by atoms with E-state index in [0.717, 1.165) is 17.2 Å². The maximum absolute atomic E-state index is 13.2. The lowest BCUT2D eigenvalue weighted by atomic mass is 9.81. The van der Waals surface area contributed by atoms with Crippen molar-refractivity contribution >= 4 is 32.5 Å². The molecule has 7 nitrogen and oxygen atoms in total. The second kappa shape index (κ2) is 9.85. The zero-order valence-corrected chi connectivity index (χ0v) is 20.5. The average Bonchev–Trinajstić information content (AvgIpc) is 2.80. The SMILES string of the molecule is CCC(C)(C)[C@H](NC(=O)c1ccc2ccccc2c1OCc1ccc(S(C)(=O)=O)cc1)C(=O)O. The summed E-state index contributed by atoms with van der Waals surface area (Å²) in [5, 5.41) is 14.0. The van der Waals surface area contributed by atoms with Gasteiger partial charge in [-0.3, -0.25) is 4.79 Å². The molecule has 3 aromatic rings. The summed E-state index contributed by atoms with van der Waals surface area (Å²) in [5.74, 6) is -1.31. The van der Waals surface area contributed by atoms with Crippen molar-refractivity contribution in [3.8, 4) is 5.75 Å². The van der Waals surface area contributed by atoms with E-state index >= 15 is 0 Å². The number of aliphatic carboxylic acids is 1. The molecule has 0 spiro atoms. The van der Waals surface area contributed by atoms with E-state index in [2.05, 4.69) is 5.32 Å². The fourth-order valence-electron chi connectivity index (χ4n) is 3.57. The summed E-state index contributed by atoms with van der Waals surface area (Å²) in [7, 11) is -3.31. The monoisotopic (exact) mass is 483 g/mol. The Morgan fingerprint density at radius 2 is 1.68 bits per heavy atom. The number of hydrogen-bond acceptors (Lipinski definition) is 5. The van der Waals surface area contributed by atoms with E-state index in [0.29, 0.717) is 17.6 Å². The molecule has 34 heavy (non-hydrogen) atoms. The van der Waals surface area contributed by atoms with Crippen LogP contribution in [0.3, 0.4) is 0 Å². The van der Waals surface area contributed by atoms with Gasteiger partial charge in [0.1, 0.15) is 18.4 Å². The summed E-state index contributed by atoms with van der Waals surface area (Å²) >= 11 is 0. The normalized spacial score (nSPS) is 12.8. The van der Waals surface area contributed by atoms with Crippen LogP contribution >= 0.6 is 0 Å². The van der Waals surface area contributed by atoms with Crippen LogP contribution in [0.1, 0.15) is 43.1 Å². The number of benzene rings is 3. The minimum Gasteiger partial charge on any atom is -0.487 e. The van der Waals surface area contributed by atoms with Crippen LogP contribution in [0, 0.1) is 5.41 Å². The number of hydrogen-bond donors (Lipinski definition) is 2. The molecule has 0 bridgehead atoms. The van der Waals surface area contributed by atoms with Crippen LogP contribution in [0.5, 0.6) is 5.75 Å². The second-order valence-electron chi connectivity index (χ2n) is 8.96. The number of rotatable bonds is 9. The molecule has 3 aromatic carbocycles. The molecule has 0 saturated carbocycles. The van der Waals surface area contributed by atoms with E-state index < -0.39 is 33.2 Å². The number of nitrogens with one attached hydrogen (secondary N) is 1. The highest BCUT2D eigenvalue weighted by molar-refractivity contribution is 7.90. The lowest BCUT2D eigenvalue weighted by Gasteiger charge is -2.31. The first-order valence-electron chi connectivity index (χ1n) is 10.9. The second-order valence-corrected chi connectivity index (χ2v) is 11.0. The number of fused-ring (bicyclic) bond motifs is 1. The van der Waals surface area contributed by atoms with E-state index in [1.807, 2.05) is 31.2 Å². The molecule has 0 radical (unpaired) electrons. The summed E-state index contributed by atoms with van der Waals surface area (Å²) in [4.78, 5) is 25.3. The molecule has 0 fully saturated rings. The van der Waals surface area contributed by atoms with Crippen LogP contribution in [0.25, 0.3) is 10.8 Å². The Morgan fingerprint density at radius 3 is 2.26 bits per heavy atom. The Kier molecular flexibility index (Phi) is 7.31. The largest absolute Gasteiger partial charge is 0.487 e. The summed E-state index contributed by atoms with van der Waals surface area (Å²) in [5.41, 5.74) is 0.299. The smallest absolute Gasteiger partial charge is 0.326 e. The molecular formula is C26H29NO6S. The molecule has 0 aliphatic rings. The van der Waals surface area contributed by atoms with E-state index in [1.54, 1.807) is 38.1 Å². The number of carbonyl (C=O) groups is 2. The van der Waals surface area contributed by atoms with Crippen LogP contribution in [-0.2, 0) is 21.2 Å². The first kappa shape index (κ1) is 25.2. The van der Waals surface area contributed by atoms with Crippen molar-refractivity contribution in [1.82, 2.24) is 5.32 Å². The third kappa shape index (κ3) is 5.56. The van der Waals surface area contributed by atoms with Crippen molar-refractivity contribution in [2.45, 2.75) is 44.7 Å². The lowest BCUT2D eigenvalue weighted by Crippen LogP contribution is -2.50. The van der Waals surface area contributed by atoms with E-state index in [4.69, 9.17) is 4.74 Å². The first-order chi connectivity index (χ1) is 15.9. The summed E-state index contributed by atoms with van der Waals surface area (Å²) in [6, 6.07) is 16.1. The lowest BCUT2D eigenvalue weighted by molar-refractivity contribution is -0.142. The Balaban J connectivity index is 1.95. The highest BCUT2D eigenvalue weighted by Crippen LogP contribution is 2.32. The summed E-state index contributed by atoms with van der Waals surface area (Å²) < 4.78 is 29.5. The molecule has 1 amide bonds. The van der Waals surface area contributed by atoms with Crippen LogP contribution in [0.4, 0.5) is 0 Å². The minimum atomic E-state index is -3.31. The van der Waals surface area contributed by atoms with E-state index in [1.165, 1.54) is 12.1 Å². The number of ether oxygens (including phenoxy) is 1. The maximum atomic E-state index is 13.2. The Bertz CT molecular complexity index is 1310. The van der Waals surface area contributed by atoms with Gasteiger partial charge in [0.25, 0.3) is 5.91 Å². The molecule has 180 valence electrons. The van der Waals surface area contributed by atoms with Crippen LogP contribution in [-0.4, -0.2) is 37.7 Å². The van der Waals surface area contributed by atoms with Gasteiger partial charge >= 0.3 is 5.97 Å². The zero-order chi connectivity index (χ0) is 25.1. The number of sulfone groups is 1. The van der Waals surface area contributed by atoms with Crippen molar-refractivity contribution < 1.29 is 27.9 Å². The molecular weight excluding hydrogens is 454 g/mol. The third-order valence-electron chi connectivity index (χ3n) is 6.07. The van der Waals surface area contributed by atoms with Crippen LogP contribution in [0.15, 0.2) is 65.6 Å². The van der Waals surface area contributed by atoms with Gasteiger partial charge in [0.2, 0.25) is 0 Å². The quantitative estimate of drug-likeness (QED) is 0.466. The predicted octanol–water partition coefficient (Wildman–Crippen LogP) is 4.44. The van der Waals surface area contributed by atoms with Crippen molar-refractivity contribution in [3.63, 3.8) is 0 Å². The summed E-state index contributed by atoms with van der Waals surface area (Å²) in [6.07, 6.45) is 1.71. The van der Waals surface area contributed by atoms with Gasteiger partial charge in [-0.15, -0.1) is 0 Å². The molecule has 0 heterocycles. The predicted molar refractivity (Wildman–Crippen MR) is 131 cm³/mol. The van der Waals surface area contributed by atoms with Gasteiger partial charge in [0.05, 0.1) is 10.5 Å². The molecule has 0 unspecified atom stereocenters. The van der Waals surface area contributed by atoms with Gasteiger partial charge in [0.15, 0.2) is 9.84 Å². The fourth-order valence-corrected chi connectivity index (χ4v) is 4.20. The van der Waals surface area contributed by atoms with Crippen molar-refractivity contribution in [2.75, 3.05) is 6.26 Å². The fraction of sp³-hybridized carbons (Fsp3) is 0.308. The Morgan fingerprint density at radius 1 is 1.03 bits per heavy atom. The molecule has 0 aliphatic heterocycles. The van der Waals surface area contributed by atoms with Gasteiger partial charge < -0.3 is 15.2 Å². The van der Waals surface area contributed by atoms with Gasteiger partial charge in [-0.1, -0.05) is 63.2 Å². The molecule has 1 atom stereocenters. The number of carboxylic acids is 1. The molecule has 8 heteroatoms. The van der Waals surface area contributed by atoms with Crippen LogP contribution in [0.2, 0.25) is 0 Å². The molecule has 0 saturated heterocycles. The maximum Gasteiger partial charge on any atom is 0.326 e. The Hall–Kier alpha value is -3.39. The molecule has 0 aromatic heterocycles. The minimum absolute atomic E-state index is 0.0984. The Labute approximate surface area is 199 Å². The van der Waals surface area contributed by atoms with Crippen molar-refractivity contribution in [1.29, 1.82) is 0 Å². The van der Waals surface area contributed by atoms with E-state index in [-0.39, 0.29) is 17.1 Å². The van der Waals surface area contributed by atoms with Crippen molar-refractivity contribution in [3.05, 3.63) is 71.8 Å². The summed E-state index contributed by atoms with van der Waals surface area (Å²) in [6.45, 7) is 5.57. The highest BCUT2D eigenvalue weighted by Gasteiger charge is 2.35. The molecule has 3 rings (SSSR count). The number of carboxylic acid groups (broad SMARTS) is 1. The molecule has 2 N–H and O–H groups in total. The first-order valence-corrected chi connectivity index (χ1v) is 12.8. The highest BCUT2D eigenvalue weighted by atomic mass is 32.2. The van der Waals surface area contributed by atoms with Gasteiger partial charge in [0, 0.05) is 11.6 Å². The number of amides is 1. The number of carbonyl (C=O) groups excluding carboxylic acids is 1. The van der Waals surface area contributed by atoms with Gasteiger partial charge in [-0.25, -0.2) is 13.2 Å². The van der Waals surface area contributed by atoms with E-state index in [9.17, 15) is 23.1 Å².